The summed E-state index contributed by atoms with van der Waals surface area (Å²) < 4.78 is 0. The van der Waals surface area contributed by atoms with Crippen LogP contribution in [0.4, 0.5) is 5.13 Å². The van der Waals surface area contributed by atoms with Crippen molar-refractivity contribution in [3.05, 3.63) is 35.1 Å². The summed E-state index contributed by atoms with van der Waals surface area (Å²) >= 11 is 1.36. The minimum absolute atomic E-state index is 0.0818. The van der Waals surface area contributed by atoms with Crippen molar-refractivity contribution < 1.29 is 4.79 Å². The van der Waals surface area contributed by atoms with Gasteiger partial charge in [-0.05, 0) is 19.1 Å². The van der Waals surface area contributed by atoms with Crippen molar-refractivity contribution in [3.63, 3.8) is 0 Å². The number of H-pyrrole nitrogens is 1. The zero-order chi connectivity index (χ0) is 13.9. The molecule has 0 saturated heterocycles. The number of para-hydroxylation sites is 2. The molecular formula is C13H13N5OS. The van der Waals surface area contributed by atoms with Gasteiger partial charge in [-0.1, -0.05) is 23.5 Å². The number of anilines is 1. The number of aryl methyl sites for hydroxylation is 2. The number of carbonyl (C=O) groups is 1. The molecule has 0 aliphatic rings. The van der Waals surface area contributed by atoms with Crippen LogP contribution in [0.3, 0.4) is 0 Å². The molecule has 0 aliphatic heterocycles. The largest absolute Gasteiger partial charge is 0.342 e. The smallest absolute Gasteiger partial charge is 0.226 e. The number of fused-ring (bicyclic) bond motifs is 1. The van der Waals surface area contributed by atoms with E-state index in [4.69, 9.17) is 0 Å². The van der Waals surface area contributed by atoms with Gasteiger partial charge in [-0.2, -0.15) is 0 Å². The van der Waals surface area contributed by atoms with Gasteiger partial charge in [-0.15, -0.1) is 10.2 Å². The van der Waals surface area contributed by atoms with E-state index in [1.54, 1.807) is 0 Å². The highest BCUT2D eigenvalue weighted by atomic mass is 32.1. The summed E-state index contributed by atoms with van der Waals surface area (Å²) in [5, 5.41) is 11.8. The first-order chi connectivity index (χ1) is 9.70. The molecule has 6 nitrogen and oxygen atoms in total. The van der Waals surface area contributed by atoms with E-state index in [-0.39, 0.29) is 5.91 Å². The lowest BCUT2D eigenvalue weighted by atomic mass is 10.3. The Hall–Kier alpha value is -2.28. The molecule has 0 atom stereocenters. The topological polar surface area (TPSA) is 83.6 Å². The van der Waals surface area contributed by atoms with E-state index >= 15 is 0 Å². The lowest BCUT2D eigenvalue weighted by molar-refractivity contribution is -0.116. The molecule has 2 aromatic heterocycles. The molecule has 7 heteroatoms. The second kappa shape index (κ2) is 5.38. The SMILES string of the molecule is Cc1nnc(NC(=O)CCc2nc3ccccc3[nH]2)s1. The molecule has 3 aromatic rings. The molecular weight excluding hydrogens is 274 g/mol. The zero-order valence-electron chi connectivity index (χ0n) is 10.9. The molecule has 102 valence electrons. The third-order valence-corrected chi connectivity index (χ3v) is 3.55. The van der Waals surface area contributed by atoms with E-state index in [0.717, 1.165) is 21.9 Å². The second-order valence-electron chi connectivity index (χ2n) is 4.38. The average Bonchev–Trinajstić information content (AvgIpc) is 3.02. The second-order valence-corrected chi connectivity index (χ2v) is 5.56. The van der Waals surface area contributed by atoms with Gasteiger partial charge >= 0.3 is 0 Å². The molecule has 2 N–H and O–H groups in total. The molecule has 0 spiro atoms. The van der Waals surface area contributed by atoms with E-state index in [9.17, 15) is 4.79 Å². The molecule has 0 unspecified atom stereocenters. The first-order valence-corrected chi connectivity index (χ1v) is 7.06. The van der Waals surface area contributed by atoms with Gasteiger partial charge in [-0.25, -0.2) is 4.98 Å². The number of hydrogen-bond acceptors (Lipinski definition) is 5. The van der Waals surface area contributed by atoms with Crippen molar-refractivity contribution in [1.82, 2.24) is 20.2 Å². The van der Waals surface area contributed by atoms with Crippen molar-refractivity contribution in [1.29, 1.82) is 0 Å². The Morgan fingerprint density at radius 1 is 1.35 bits per heavy atom. The normalized spacial score (nSPS) is 10.8. The van der Waals surface area contributed by atoms with Crippen LogP contribution in [-0.4, -0.2) is 26.1 Å². The van der Waals surface area contributed by atoms with Crippen LogP contribution in [0.2, 0.25) is 0 Å². The molecule has 0 saturated carbocycles. The van der Waals surface area contributed by atoms with Crippen LogP contribution in [0.25, 0.3) is 11.0 Å². The number of imidazole rings is 1. The molecule has 3 rings (SSSR count). The highest BCUT2D eigenvalue weighted by Crippen LogP contribution is 2.15. The maximum Gasteiger partial charge on any atom is 0.226 e. The minimum Gasteiger partial charge on any atom is -0.342 e. The lowest BCUT2D eigenvalue weighted by Gasteiger charge is -1.98. The van der Waals surface area contributed by atoms with Gasteiger partial charge in [0.25, 0.3) is 0 Å². The Labute approximate surface area is 119 Å². The van der Waals surface area contributed by atoms with E-state index in [2.05, 4.69) is 25.5 Å². The summed E-state index contributed by atoms with van der Waals surface area (Å²) in [5.74, 6) is 0.733. The Morgan fingerprint density at radius 2 is 2.20 bits per heavy atom. The minimum atomic E-state index is -0.0818. The maximum atomic E-state index is 11.8. The highest BCUT2D eigenvalue weighted by molar-refractivity contribution is 7.15. The highest BCUT2D eigenvalue weighted by Gasteiger charge is 2.08. The average molecular weight is 287 g/mol. The quantitative estimate of drug-likeness (QED) is 0.771. The summed E-state index contributed by atoms with van der Waals surface area (Å²) in [7, 11) is 0. The number of carbonyl (C=O) groups excluding carboxylic acids is 1. The molecule has 0 fully saturated rings. The summed E-state index contributed by atoms with van der Waals surface area (Å²) in [5.41, 5.74) is 1.91. The van der Waals surface area contributed by atoms with Crippen molar-refractivity contribution in [2.75, 3.05) is 5.32 Å². The standard InChI is InChI=1S/C13H13N5OS/c1-8-17-18-13(20-8)16-12(19)7-6-11-14-9-4-2-3-5-10(9)15-11/h2-5H,6-7H2,1H3,(H,14,15)(H,16,18,19). The summed E-state index contributed by atoms with van der Waals surface area (Å²) in [6.45, 7) is 1.85. The van der Waals surface area contributed by atoms with E-state index in [0.29, 0.717) is 18.0 Å². The van der Waals surface area contributed by atoms with Crippen molar-refractivity contribution in [3.8, 4) is 0 Å². The molecule has 0 bridgehead atoms. The molecule has 1 amide bonds. The fourth-order valence-corrected chi connectivity index (χ4v) is 2.49. The zero-order valence-corrected chi connectivity index (χ0v) is 11.7. The third kappa shape index (κ3) is 2.83. The predicted octanol–water partition coefficient (Wildman–Crippen LogP) is 2.29. The number of hydrogen-bond donors (Lipinski definition) is 2. The van der Waals surface area contributed by atoms with Crippen molar-refractivity contribution in [2.24, 2.45) is 0 Å². The maximum absolute atomic E-state index is 11.8. The molecule has 2 heterocycles. The van der Waals surface area contributed by atoms with Crippen LogP contribution in [0.5, 0.6) is 0 Å². The summed E-state index contributed by atoms with van der Waals surface area (Å²) in [4.78, 5) is 19.4. The Balaban J connectivity index is 1.59. The number of benzene rings is 1. The Bertz CT molecular complexity index is 715. The van der Waals surface area contributed by atoms with Crippen molar-refractivity contribution in [2.45, 2.75) is 19.8 Å². The van der Waals surface area contributed by atoms with Gasteiger partial charge in [0.1, 0.15) is 10.8 Å². The lowest BCUT2D eigenvalue weighted by Crippen LogP contribution is -2.12. The third-order valence-electron chi connectivity index (χ3n) is 2.80. The van der Waals surface area contributed by atoms with Crippen LogP contribution >= 0.6 is 11.3 Å². The van der Waals surface area contributed by atoms with Crippen LogP contribution in [-0.2, 0) is 11.2 Å². The van der Waals surface area contributed by atoms with Gasteiger partial charge < -0.3 is 10.3 Å². The monoisotopic (exact) mass is 287 g/mol. The number of nitrogens with one attached hydrogen (secondary N) is 2. The predicted molar refractivity (Wildman–Crippen MR) is 77.7 cm³/mol. The summed E-state index contributed by atoms with van der Waals surface area (Å²) in [6, 6.07) is 7.81. The van der Waals surface area contributed by atoms with Crippen LogP contribution in [0.1, 0.15) is 17.3 Å². The first-order valence-electron chi connectivity index (χ1n) is 6.24. The fourth-order valence-electron chi connectivity index (χ4n) is 1.88. The number of aromatic amines is 1. The molecule has 0 radical (unpaired) electrons. The first kappa shape index (κ1) is 12.7. The number of nitrogens with zero attached hydrogens (tertiary/aromatic N) is 3. The Kier molecular flexibility index (Phi) is 3.42. The van der Waals surface area contributed by atoms with Crippen LogP contribution < -0.4 is 5.32 Å². The van der Waals surface area contributed by atoms with Gasteiger partial charge in [0.15, 0.2) is 0 Å². The van der Waals surface area contributed by atoms with Crippen molar-refractivity contribution >= 4 is 33.4 Å². The van der Waals surface area contributed by atoms with Gasteiger partial charge in [0, 0.05) is 12.8 Å². The molecule has 1 aromatic carbocycles. The molecule has 0 aliphatic carbocycles. The summed E-state index contributed by atoms with van der Waals surface area (Å²) in [6.07, 6.45) is 0.927. The van der Waals surface area contributed by atoms with E-state index in [1.165, 1.54) is 11.3 Å². The number of rotatable bonds is 4. The molecule has 20 heavy (non-hydrogen) atoms. The van der Waals surface area contributed by atoms with Crippen LogP contribution in [0, 0.1) is 6.92 Å². The van der Waals surface area contributed by atoms with Gasteiger partial charge in [-0.3, -0.25) is 4.79 Å². The van der Waals surface area contributed by atoms with Gasteiger partial charge in [0.2, 0.25) is 11.0 Å². The fraction of sp³-hybridized carbons (Fsp3) is 0.231. The Morgan fingerprint density at radius 3 is 2.95 bits per heavy atom. The van der Waals surface area contributed by atoms with Crippen LogP contribution in [0.15, 0.2) is 24.3 Å². The number of aromatic nitrogens is 4. The number of amides is 1. The van der Waals surface area contributed by atoms with E-state index < -0.39 is 0 Å². The van der Waals surface area contributed by atoms with E-state index in [1.807, 2.05) is 31.2 Å². The van der Waals surface area contributed by atoms with Gasteiger partial charge in [0.05, 0.1) is 11.0 Å².